The molecule has 2 N–H and O–H groups in total. The highest BCUT2D eigenvalue weighted by Gasteiger charge is 2.45. The number of aliphatic hydroxyl groups excluding tert-OH is 1. The lowest BCUT2D eigenvalue weighted by atomic mass is 9.95. The number of likely N-dealkylation sites (N-methyl/N-ethyl adjacent to an activating group) is 1. The SMILES string of the molecule is CN(C)CCN1C(=O)C(=O)C(=C(O)c2ccncc2)C1c1cccc(O)c1. The first-order valence-corrected chi connectivity index (χ1v) is 8.52. The normalized spacial score (nSPS) is 19.1. The van der Waals surface area contributed by atoms with Gasteiger partial charge in [0, 0.05) is 31.0 Å². The zero-order valence-electron chi connectivity index (χ0n) is 15.2. The van der Waals surface area contributed by atoms with Crippen LogP contribution in [-0.2, 0) is 9.59 Å². The number of Topliss-reactive ketones (excluding diaryl/α,β-unsaturated/α-hetero) is 1. The lowest BCUT2D eigenvalue weighted by molar-refractivity contribution is -0.140. The summed E-state index contributed by atoms with van der Waals surface area (Å²) in [6, 6.07) is 8.74. The molecule has 1 fully saturated rings. The summed E-state index contributed by atoms with van der Waals surface area (Å²) in [6.45, 7) is 0.864. The number of ketones is 1. The van der Waals surface area contributed by atoms with Gasteiger partial charge in [-0.25, -0.2) is 0 Å². The second kappa shape index (κ2) is 7.59. The Hall–Kier alpha value is -3.19. The quantitative estimate of drug-likeness (QED) is 0.475. The molecule has 1 atom stereocenters. The van der Waals surface area contributed by atoms with Crippen LogP contribution in [0.3, 0.4) is 0 Å². The standard InChI is InChI=1S/C20H21N3O4/c1-22(2)10-11-23-17(14-4-3-5-15(24)12-14)16(19(26)20(23)27)18(25)13-6-8-21-9-7-13/h3-9,12,17,24-25H,10-11H2,1-2H3. The van der Waals surface area contributed by atoms with Gasteiger partial charge in [0.1, 0.15) is 11.5 Å². The first kappa shape index (κ1) is 18.6. The highest BCUT2D eigenvalue weighted by atomic mass is 16.3. The van der Waals surface area contributed by atoms with Crippen molar-refractivity contribution in [3.8, 4) is 5.75 Å². The number of hydrogen-bond donors (Lipinski definition) is 2. The second-order valence-corrected chi connectivity index (χ2v) is 6.63. The molecule has 7 nitrogen and oxygen atoms in total. The molecule has 1 aromatic heterocycles. The summed E-state index contributed by atoms with van der Waals surface area (Å²) in [5, 5.41) is 20.7. The van der Waals surface area contributed by atoms with Crippen LogP contribution in [0.1, 0.15) is 17.2 Å². The first-order valence-electron chi connectivity index (χ1n) is 8.52. The summed E-state index contributed by atoms with van der Waals surface area (Å²) in [5.74, 6) is -1.64. The third-order valence-corrected chi connectivity index (χ3v) is 4.47. The largest absolute Gasteiger partial charge is 0.508 e. The maximum Gasteiger partial charge on any atom is 0.295 e. The third-order valence-electron chi connectivity index (χ3n) is 4.47. The van der Waals surface area contributed by atoms with Crippen molar-refractivity contribution in [2.75, 3.05) is 27.2 Å². The van der Waals surface area contributed by atoms with Gasteiger partial charge in [0.05, 0.1) is 11.6 Å². The van der Waals surface area contributed by atoms with Crippen LogP contribution in [0.2, 0.25) is 0 Å². The van der Waals surface area contributed by atoms with E-state index in [9.17, 15) is 19.8 Å². The average Bonchev–Trinajstić information content (AvgIpc) is 2.91. The third kappa shape index (κ3) is 3.68. The number of phenols is 1. The summed E-state index contributed by atoms with van der Waals surface area (Å²) in [4.78, 5) is 32.7. The Labute approximate surface area is 157 Å². The van der Waals surface area contributed by atoms with Crippen LogP contribution in [0.5, 0.6) is 5.75 Å². The number of amides is 1. The minimum absolute atomic E-state index is 0.00977. The molecule has 3 rings (SSSR count). The van der Waals surface area contributed by atoms with Gasteiger partial charge in [-0.3, -0.25) is 14.6 Å². The molecule has 1 aliphatic heterocycles. The van der Waals surface area contributed by atoms with Crippen molar-refractivity contribution in [3.63, 3.8) is 0 Å². The summed E-state index contributed by atoms with van der Waals surface area (Å²) < 4.78 is 0. The molecule has 0 radical (unpaired) electrons. The summed E-state index contributed by atoms with van der Waals surface area (Å²) in [6.07, 6.45) is 3.00. The van der Waals surface area contributed by atoms with E-state index in [2.05, 4.69) is 4.98 Å². The van der Waals surface area contributed by atoms with Crippen molar-refractivity contribution in [3.05, 3.63) is 65.5 Å². The van der Waals surface area contributed by atoms with Crippen molar-refractivity contribution in [1.29, 1.82) is 0 Å². The number of pyridine rings is 1. The molecule has 2 aromatic rings. The number of aromatic nitrogens is 1. The van der Waals surface area contributed by atoms with E-state index < -0.39 is 17.7 Å². The molecular formula is C20H21N3O4. The zero-order valence-corrected chi connectivity index (χ0v) is 15.2. The number of carbonyl (C=O) groups excluding carboxylic acids is 2. The minimum atomic E-state index is -0.773. The molecular weight excluding hydrogens is 346 g/mol. The molecule has 1 unspecified atom stereocenters. The van der Waals surface area contributed by atoms with Crippen molar-refractivity contribution >= 4 is 17.4 Å². The molecule has 1 saturated heterocycles. The van der Waals surface area contributed by atoms with Gasteiger partial charge in [0.15, 0.2) is 0 Å². The van der Waals surface area contributed by atoms with Gasteiger partial charge in [-0.15, -0.1) is 0 Å². The number of aliphatic hydroxyl groups is 1. The summed E-state index contributed by atoms with van der Waals surface area (Å²) >= 11 is 0. The van der Waals surface area contributed by atoms with Gasteiger partial charge in [0.25, 0.3) is 11.7 Å². The first-order chi connectivity index (χ1) is 12.9. The van der Waals surface area contributed by atoms with Crippen LogP contribution >= 0.6 is 0 Å². The van der Waals surface area contributed by atoms with Gasteiger partial charge in [-0.2, -0.15) is 0 Å². The predicted octanol–water partition coefficient (Wildman–Crippen LogP) is 1.77. The number of rotatable bonds is 5. The lowest BCUT2D eigenvalue weighted by Crippen LogP contribution is -2.35. The van der Waals surface area contributed by atoms with E-state index in [0.717, 1.165) is 0 Å². The molecule has 0 aliphatic carbocycles. The Balaban J connectivity index is 2.15. The van der Waals surface area contributed by atoms with Crippen LogP contribution in [0.4, 0.5) is 0 Å². The number of phenolic OH excluding ortho intramolecular Hbond substituents is 1. The van der Waals surface area contributed by atoms with Crippen molar-refractivity contribution in [1.82, 2.24) is 14.8 Å². The molecule has 2 heterocycles. The Morgan fingerprint density at radius 2 is 1.89 bits per heavy atom. The lowest BCUT2D eigenvalue weighted by Gasteiger charge is -2.26. The van der Waals surface area contributed by atoms with Crippen LogP contribution in [0.15, 0.2) is 54.4 Å². The molecule has 140 valence electrons. The van der Waals surface area contributed by atoms with Crippen LogP contribution in [-0.4, -0.2) is 63.9 Å². The predicted molar refractivity (Wildman–Crippen MR) is 99.9 cm³/mol. The fraction of sp³-hybridized carbons (Fsp3) is 0.250. The van der Waals surface area contributed by atoms with E-state index >= 15 is 0 Å². The minimum Gasteiger partial charge on any atom is -0.508 e. The fourth-order valence-electron chi connectivity index (χ4n) is 3.13. The number of hydrogen-bond acceptors (Lipinski definition) is 6. The number of benzene rings is 1. The average molecular weight is 367 g/mol. The highest BCUT2D eigenvalue weighted by Crippen LogP contribution is 2.39. The van der Waals surface area contributed by atoms with Crippen LogP contribution in [0.25, 0.3) is 5.76 Å². The van der Waals surface area contributed by atoms with E-state index in [1.807, 2.05) is 19.0 Å². The maximum absolute atomic E-state index is 12.7. The van der Waals surface area contributed by atoms with E-state index in [0.29, 0.717) is 24.2 Å². The number of nitrogens with zero attached hydrogens (tertiary/aromatic N) is 3. The molecule has 1 aliphatic rings. The number of aromatic hydroxyl groups is 1. The van der Waals surface area contributed by atoms with Crippen molar-refractivity contribution < 1.29 is 19.8 Å². The van der Waals surface area contributed by atoms with Gasteiger partial charge in [-0.05, 0) is 43.9 Å². The Morgan fingerprint density at radius 3 is 2.52 bits per heavy atom. The van der Waals surface area contributed by atoms with Gasteiger partial charge in [0.2, 0.25) is 0 Å². The fourth-order valence-corrected chi connectivity index (χ4v) is 3.13. The van der Waals surface area contributed by atoms with E-state index in [-0.39, 0.29) is 17.1 Å². The van der Waals surface area contributed by atoms with Gasteiger partial charge in [-0.1, -0.05) is 12.1 Å². The Bertz CT molecular complexity index is 893. The van der Waals surface area contributed by atoms with Gasteiger partial charge >= 0.3 is 0 Å². The smallest absolute Gasteiger partial charge is 0.295 e. The summed E-state index contributed by atoms with van der Waals surface area (Å²) in [7, 11) is 3.74. The highest BCUT2D eigenvalue weighted by molar-refractivity contribution is 6.46. The van der Waals surface area contributed by atoms with Crippen LogP contribution < -0.4 is 0 Å². The maximum atomic E-state index is 12.7. The molecule has 1 amide bonds. The molecule has 0 bridgehead atoms. The molecule has 27 heavy (non-hydrogen) atoms. The topological polar surface area (TPSA) is 94.0 Å². The molecule has 0 spiro atoms. The Kier molecular flexibility index (Phi) is 5.23. The molecule has 7 heteroatoms. The van der Waals surface area contributed by atoms with Gasteiger partial charge < -0.3 is 20.0 Å². The monoisotopic (exact) mass is 367 g/mol. The molecule has 1 aromatic carbocycles. The molecule has 0 saturated carbocycles. The van der Waals surface area contributed by atoms with E-state index in [4.69, 9.17) is 0 Å². The van der Waals surface area contributed by atoms with Crippen molar-refractivity contribution in [2.24, 2.45) is 0 Å². The number of likely N-dealkylation sites (tertiary alicyclic amines) is 1. The van der Waals surface area contributed by atoms with Crippen LogP contribution in [0, 0.1) is 0 Å². The van der Waals surface area contributed by atoms with Crippen molar-refractivity contribution in [2.45, 2.75) is 6.04 Å². The van der Waals surface area contributed by atoms with E-state index in [1.54, 1.807) is 24.3 Å². The zero-order chi connectivity index (χ0) is 19.6. The second-order valence-electron chi connectivity index (χ2n) is 6.63. The van der Waals surface area contributed by atoms with E-state index in [1.165, 1.54) is 29.4 Å². The number of carbonyl (C=O) groups is 2. The Morgan fingerprint density at radius 1 is 1.19 bits per heavy atom. The summed E-state index contributed by atoms with van der Waals surface area (Å²) in [5.41, 5.74) is 0.972.